The van der Waals surface area contributed by atoms with Crippen LogP contribution in [-0.4, -0.2) is 33.7 Å². The third-order valence-corrected chi connectivity index (χ3v) is 4.43. The van der Waals surface area contributed by atoms with Crippen LogP contribution in [0, 0.1) is 0 Å². The summed E-state index contributed by atoms with van der Waals surface area (Å²) in [4.78, 5) is 4.49. The molecule has 0 saturated carbocycles. The molecule has 23 heavy (non-hydrogen) atoms. The van der Waals surface area contributed by atoms with E-state index in [-0.39, 0.29) is 5.92 Å². The number of nitrogens with one attached hydrogen (secondary N) is 1. The summed E-state index contributed by atoms with van der Waals surface area (Å²) in [6, 6.07) is 6.75. The molecule has 0 saturated heterocycles. The van der Waals surface area contributed by atoms with E-state index in [9.17, 15) is 0 Å². The highest BCUT2D eigenvalue weighted by molar-refractivity contribution is 5.60. The summed E-state index contributed by atoms with van der Waals surface area (Å²) < 4.78 is 5.31. The van der Waals surface area contributed by atoms with Crippen LogP contribution >= 0.6 is 0 Å². The molecule has 0 spiro atoms. The van der Waals surface area contributed by atoms with Crippen molar-refractivity contribution in [1.29, 1.82) is 0 Å². The summed E-state index contributed by atoms with van der Waals surface area (Å²) in [6.45, 7) is 4.10. The maximum atomic E-state index is 5.31. The number of hydrazine groups is 2. The molecular formula is C16H20N6O. The van der Waals surface area contributed by atoms with Gasteiger partial charge in [0.25, 0.3) is 0 Å². The number of rotatable bonds is 3. The second-order valence-corrected chi connectivity index (χ2v) is 6.33. The van der Waals surface area contributed by atoms with Gasteiger partial charge in [0, 0.05) is 18.5 Å². The van der Waals surface area contributed by atoms with Crippen molar-refractivity contribution < 1.29 is 4.52 Å². The SMILES string of the molecule is CC(C)c1nc(-c2ccc3c(c2)CC[C@H]3N2C=NNN2C)no1. The molecule has 0 bridgehead atoms. The van der Waals surface area contributed by atoms with E-state index < -0.39 is 0 Å². The van der Waals surface area contributed by atoms with Crippen LogP contribution < -0.4 is 5.53 Å². The Labute approximate surface area is 134 Å². The van der Waals surface area contributed by atoms with Crippen molar-refractivity contribution in [2.24, 2.45) is 5.10 Å². The quantitative estimate of drug-likeness (QED) is 0.939. The molecule has 0 unspecified atom stereocenters. The summed E-state index contributed by atoms with van der Waals surface area (Å²) in [5, 5.41) is 12.2. The lowest BCUT2D eigenvalue weighted by Gasteiger charge is -2.29. The van der Waals surface area contributed by atoms with E-state index >= 15 is 0 Å². The minimum absolute atomic E-state index is 0.243. The Morgan fingerprint density at radius 3 is 2.91 bits per heavy atom. The zero-order valence-corrected chi connectivity index (χ0v) is 13.5. The largest absolute Gasteiger partial charge is 0.339 e. The Morgan fingerprint density at radius 1 is 1.35 bits per heavy atom. The summed E-state index contributed by atoms with van der Waals surface area (Å²) in [5.74, 6) is 1.59. The molecule has 0 amide bonds. The Bertz CT molecular complexity index is 753. The standard InChI is InChI=1S/C16H20N6O/c1-10(2)16-18-15(19-23-16)12-4-6-13-11(8-12)5-7-14(13)22-9-17-20-21(22)3/h4,6,8-10,14,20H,5,7H2,1-3H3/t14-/m1/s1. The first-order chi connectivity index (χ1) is 11.1. The van der Waals surface area contributed by atoms with Gasteiger partial charge in [0.2, 0.25) is 11.7 Å². The van der Waals surface area contributed by atoms with Gasteiger partial charge in [-0.3, -0.25) is 5.01 Å². The monoisotopic (exact) mass is 312 g/mol. The molecule has 1 aliphatic heterocycles. The van der Waals surface area contributed by atoms with Gasteiger partial charge in [0.15, 0.2) is 0 Å². The second-order valence-electron chi connectivity index (χ2n) is 6.33. The third kappa shape index (κ3) is 2.37. The van der Waals surface area contributed by atoms with Gasteiger partial charge < -0.3 is 4.52 Å². The van der Waals surface area contributed by atoms with Gasteiger partial charge in [0.1, 0.15) is 6.34 Å². The van der Waals surface area contributed by atoms with Crippen LogP contribution in [0.1, 0.15) is 49.2 Å². The molecule has 7 heteroatoms. The molecule has 2 heterocycles. The molecule has 1 aromatic heterocycles. The van der Waals surface area contributed by atoms with Crippen LogP contribution in [-0.2, 0) is 6.42 Å². The fraction of sp³-hybridized carbons (Fsp3) is 0.438. The number of nitrogens with zero attached hydrogens (tertiary/aromatic N) is 5. The summed E-state index contributed by atoms with van der Waals surface area (Å²) in [7, 11) is 1.96. The molecule has 1 N–H and O–H groups in total. The van der Waals surface area contributed by atoms with Gasteiger partial charge in [-0.2, -0.15) is 10.1 Å². The van der Waals surface area contributed by atoms with Gasteiger partial charge in [-0.1, -0.05) is 31.1 Å². The Morgan fingerprint density at radius 2 is 2.22 bits per heavy atom. The smallest absolute Gasteiger partial charge is 0.229 e. The van der Waals surface area contributed by atoms with Gasteiger partial charge in [-0.15, -0.1) is 5.12 Å². The highest BCUT2D eigenvalue weighted by Gasteiger charge is 2.31. The number of hydrazone groups is 1. The molecule has 0 fully saturated rings. The Kier molecular flexibility index (Phi) is 3.30. The second kappa shape index (κ2) is 5.34. The first-order valence-corrected chi connectivity index (χ1v) is 7.91. The summed E-state index contributed by atoms with van der Waals surface area (Å²) >= 11 is 0. The van der Waals surface area contributed by atoms with E-state index in [0.29, 0.717) is 17.8 Å². The van der Waals surface area contributed by atoms with Crippen molar-refractivity contribution in [2.45, 2.75) is 38.6 Å². The zero-order valence-electron chi connectivity index (χ0n) is 13.5. The molecule has 1 atom stereocenters. The molecule has 120 valence electrons. The van der Waals surface area contributed by atoms with Crippen LogP contribution in [0.4, 0.5) is 0 Å². The van der Waals surface area contributed by atoms with E-state index in [1.165, 1.54) is 11.1 Å². The van der Waals surface area contributed by atoms with E-state index in [1.54, 1.807) is 0 Å². The topological polar surface area (TPSA) is 69.8 Å². The zero-order chi connectivity index (χ0) is 16.0. The van der Waals surface area contributed by atoms with Crippen LogP contribution in [0.5, 0.6) is 0 Å². The predicted octanol–water partition coefficient (Wildman–Crippen LogP) is 2.46. The number of benzene rings is 1. The lowest BCUT2D eigenvalue weighted by atomic mass is 10.0. The maximum Gasteiger partial charge on any atom is 0.229 e. The maximum absolute atomic E-state index is 5.31. The number of fused-ring (bicyclic) bond motifs is 1. The number of hydrogen-bond acceptors (Lipinski definition) is 7. The number of aryl methyl sites for hydroxylation is 1. The summed E-state index contributed by atoms with van der Waals surface area (Å²) in [6.07, 6.45) is 3.95. The summed E-state index contributed by atoms with van der Waals surface area (Å²) in [5.41, 5.74) is 6.62. The molecular weight excluding hydrogens is 292 g/mol. The van der Waals surface area contributed by atoms with Crippen LogP contribution in [0.15, 0.2) is 27.8 Å². The van der Waals surface area contributed by atoms with Crippen molar-refractivity contribution in [1.82, 2.24) is 25.8 Å². The third-order valence-electron chi connectivity index (χ3n) is 4.43. The van der Waals surface area contributed by atoms with Crippen molar-refractivity contribution in [3.63, 3.8) is 0 Å². The molecule has 2 aliphatic rings. The number of hydrogen-bond donors (Lipinski definition) is 1. The predicted molar refractivity (Wildman–Crippen MR) is 86.1 cm³/mol. The molecule has 2 aromatic rings. The molecule has 0 radical (unpaired) electrons. The highest BCUT2D eigenvalue weighted by Crippen LogP contribution is 2.37. The highest BCUT2D eigenvalue weighted by atomic mass is 16.5. The normalized spacial score (nSPS) is 20.3. The Balaban J connectivity index is 1.63. The fourth-order valence-electron chi connectivity index (χ4n) is 3.18. The molecule has 1 aliphatic carbocycles. The molecule has 4 rings (SSSR count). The van der Waals surface area contributed by atoms with E-state index in [4.69, 9.17) is 4.52 Å². The fourth-order valence-corrected chi connectivity index (χ4v) is 3.18. The van der Waals surface area contributed by atoms with E-state index in [2.05, 4.69) is 44.0 Å². The van der Waals surface area contributed by atoms with Crippen LogP contribution in [0.3, 0.4) is 0 Å². The lowest BCUT2D eigenvalue weighted by Crippen LogP contribution is -2.41. The Hall–Kier alpha value is -2.41. The van der Waals surface area contributed by atoms with Crippen molar-refractivity contribution in [2.75, 3.05) is 7.05 Å². The molecule has 7 nitrogen and oxygen atoms in total. The van der Waals surface area contributed by atoms with E-state index in [1.807, 2.05) is 32.4 Å². The van der Waals surface area contributed by atoms with Gasteiger partial charge >= 0.3 is 0 Å². The lowest BCUT2D eigenvalue weighted by molar-refractivity contribution is 0.0140. The van der Waals surface area contributed by atoms with Crippen LogP contribution in [0.2, 0.25) is 0 Å². The molecule has 1 aromatic carbocycles. The van der Waals surface area contributed by atoms with Crippen molar-refractivity contribution in [3.05, 3.63) is 35.2 Å². The first-order valence-electron chi connectivity index (χ1n) is 7.91. The minimum Gasteiger partial charge on any atom is -0.339 e. The average molecular weight is 312 g/mol. The number of aromatic nitrogens is 2. The van der Waals surface area contributed by atoms with Gasteiger partial charge in [-0.25, -0.2) is 5.53 Å². The van der Waals surface area contributed by atoms with E-state index in [0.717, 1.165) is 18.4 Å². The average Bonchev–Trinajstić information content (AvgIpc) is 3.24. The van der Waals surface area contributed by atoms with Gasteiger partial charge in [-0.05, 0) is 30.0 Å². The van der Waals surface area contributed by atoms with Gasteiger partial charge in [0.05, 0.1) is 6.04 Å². The van der Waals surface area contributed by atoms with Crippen molar-refractivity contribution in [3.8, 4) is 11.4 Å². The minimum atomic E-state index is 0.243. The van der Waals surface area contributed by atoms with Crippen LogP contribution in [0.25, 0.3) is 11.4 Å². The first kappa shape index (κ1) is 14.2. The van der Waals surface area contributed by atoms with Crippen molar-refractivity contribution >= 4 is 6.34 Å².